The monoisotopic (exact) mass is 396 g/mol. The molecule has 6 heteroatoms. The van der Waals surface area contributed by atoms with Crippen LogP contribution < -0.4 is 14.8 Å². The molecule has 0 bridgehead atoms. The summed E-state index contributed by atoms with van der Waals surface area (Å²) in [6.45, 7) is 5.00. The number of amides is 2. The summed E-state index contributed by atoms with van der Waals surface area (Å²) in [5.41, 5.74) is 3.46. The molecule has 6 nitrogen and oxygen atoms in total. The van der Waals surface area contributed by atoms with Crippen LogP contribution in [-0.2, 0) is 0 Å². The second kappa shape index (κ2) is 8.99. The molecule has 2 amide bonds. The SMILES string of the molecule is COc1ccc(C(=O)C2CCCN(C(=O)Nc3c(C)cccc3C)C2)cc1OC. The number of nitrogens with one attached hydrogen (secondary N) is 1. The number of rotatable bonds is 5. The lowest BCUT2D eigenvalue weighted by atomic mass is 9.90. The number of hydrogen-bond acceptors (Lipinski definition) is 4. The van der Waals surface area contributed by atoms with Crippen molar-refractivity contribution in [1.82, 2.24) is 4.90 Å². The zero-order chi connectivity index (χ0) is 21.0. The van der Waals surface area contributed by atoms with Crippen LogP contribution in [0.4, 0.5) is 10.5 Å². The molecule has 3 rings (SSSR count). The Balaban J connectivity index is 1.71. The molecule has 0 radical (unpaired) electrons. The number of aryl methyl sites for hydroxylation is 2. The molecular formula is C23H28N2O4. The lowest BCUT2D eigenvalue weighted by Crippen LogP contribution is -2.44. The van der Waals surface area contributed by atoms with Gasteiger partial charge in [0.2, 0.25) is 0 Å². The van der Waals surface area contributed by atoms with Gasteiger partial charge in [-0.1, -0.05) is 18.2 Å². The van der Waals surface area contributed by atoms with E-state index < -0.39 is 0 Å². The quantitative estimate of drug-likeness (QED) is 0.759. The topological polar surface area (TPSA) is 67.9 Å². The molecule has 1 N–H and O–H groups in total. The largest absolute Gasteiger partial charge is 0.493 e. The van der Waals surface area contributed by atoms with Gasteiger partial charge in [0.1, 0.15) is 0 Å². The van der Waals surface area contributed by atoms with Crippen LogP contribution in [0.1, 0.15) is 34.3 Å². The molecular weight excluding hydrogens is 368 g/mol. The van der Waals surface area contributed by atoms with Gasteiger partial charge in [-0.15, -0.1) is 0 Å². The Morgan fingerprint density at radius 3 is 2.38 bits per heavy atom. The molecule has 154 valence electrons. The van der Waals surface area contributed by atoms with Crippen LogP contribution in [0.25, 0.3) is 0 Å². The molecule has 0 spiro atoms. The molecule has 1 saturated heterocycles. The van der Waals surface area contributed by atoms with Crippen molar-refractivity contribution >= 4 is 17.5 Å². The van der Waals surface area contributed by atoms with Crippen molar-refractivity contribution in [2.45, 2.75) is 26.7 Å². The predicted octanol–water partition coefficient (Wildman–Crippen LogP) is 4.45. The Bertz CT molecular complexity index is 889. The fraction of sp³-hybridized carbons (Fsp3) is 0.391. The fourth-order valence-electron chi connectivity index (χ4n) is 3.80. The maximum absolute atomic E-state index is 13.0. The molecule has 0 aliphatic carbocycles. The van der Waals surface area contributed by atoms with Gasteiger partial charge in [0.15, 0.2) is 17.3 Å². The lowest BCUT2D eigenvalue weighted by molar-refractivity contribution is 0.0851. The van der Waals surface area contributed by atoms with Gasteiger partial charge in [0.05, 0.1) is 14.2 Å². The van der Waals surface area contributed by atoms with E-state index in [1.54, 1.807) is 37.3 Å². The number of piperidine rings is 1. The summed E-state index contributed by atoms with van der Waals surface area (Å²) in [5.74, 6) is 0.905. The van der Waals surface area contributed by atoms with Gasteiger partial charge < -0.3 is 19.7 Å². The third-order valence-electron chi connectivity index (χ3n) is 5.46. The highest BCUT2D eigenvalue weighted by molar-refractivity contribution is 5.99. The van der Waals surface area contributed by atoms with E-state index in [0.717, 1.165) is 29.7 Å². The van der Waals surface area contributed by atoms with Crippen LogP contribution in [0, 0.1) is 19.8 Å². The summed E-state index contributed by atoms with van der Waals surface area (Å²) < 4.78 is 10.6. The van der Waals surface area contributed by atoms with Gasteiger partial charge in [0.25, 0.3) is 0 Å². The standard InChI is InChI=1S/C23H28N2O4/c1-15-7-5-8-16(2)21(15)24-23(27)25-12-6-9-18(14-25)22(26)17-10-11-19(28-3)20(13-17)29-4/h5,7-8,10-11,13,18H,6,9,12,14H2,1-4H3,(H,24,27). The molecule has 1 heterocycles. The maximum atomic E-state index is 13.0. The molecule has 29 heavy (non-hydrogen) atoms. The second-order valence-corrected chi connectivity index (χ2v) is 7.42. The smallest absolute Gasteiger partial charge is 0.321 e. The number of methoxy groups -OCH3 is 2. The van der Waals surface area contributed by atoms with E-state index in [9.17, 15) is 9.59 Å². The summed E-state index contributed by atoms with van der Waals surface area (Å²) in [6, 6.07) is 11.0. The molecule has 2 aromatic carbocycles. The number of likely N-dealkylation sites (tertiary alicyclic amines) is 1. The first kappa shape index (κ1) is 20.7. The summed E-state index contributed by atoms with van der Waals surface area (Å²) >= 11 is 0. The van der Waals surface area contributed by atoms with Gasteiger partial charge in [-0.05, 0) is 56.0 Å². The highest BCUT2D eigenvalue weighted by atomic mass is 16.5. The molecule has 1 fully saturated rings. The van der Waals surface area contributed by atoms with E-state index >= 15 is 0 Å². The third kappa shape index (κ3) is 4.53. The minimum atomic E-state index is -0.231. The van der Waals surface area contributed by atoms with Crippen molar-refractivity contribution < 1.29 is 19.1 Å². The number of carbonyl (C=O) groups excluding carboxylic acids is 2. The number of nitrogens with zero attached hydrogens (tertiary/aromatic N) is 1. The van der Waals surface area contributed by atoms with Crippen molar-refractivity contribution in [3.05, 3.63) is 53.1 Å². The second-order valence-electron chi connectivity index (χ2n) is 7.42. The first-order chi connectivity index (χ1) is 13.9. The van der Waals surface area contributed by atoms with Crippen LogP contribution in [0.2, 0.25) is 0 Å². The first-order valence-corrected chi connectivity index (χ1v) is 9.83. The molecule has 1 aliphatic heterocycles. The van der Waals surface area contributed by atoms with E-state index in [-0.39, 0.29) is 17.7 Å². The normalized spacial score (nSPS) is 16.3. The minimum absolute atomic E-state index is 0.0236. The first-order valence-electron chi connectivity index (χ1n) is 9.83. The number of carbonyl (C=O) groups is 2. The van der Waals surface area contributed by atoms with Crippen LogP contribution in [0.15, 0.2) is 36.4 Å². The Labute approximate surface area is 171 Å². The van der Waals surface area contributed by atoms with E-state index in [1.165, 1.54) is 0 Å². The van der Waals surface area contributed by atoms with Gasteiger partial charge in [-0.25, -0.2) is 4.79 Å². The van der Waals surface area contributed by atoms with Gasteiger partial charge in [0, 0.05) is 30.3 Å². The summed E-state index contributed by atoms with van der Waals surface area (Å²) in [7, 11) is 3.11. The fourth-order valence-corrected chi connectivity index (χ4v) is 3.80. The highest BCUT2D eigenvalue weighted by Gasteiger charge is 2.29. The van der Waals surface area contributed by atoms with E-state index in [1.807, 2.05) is 32.0 Å². The number of ether oxygens (including phenoxy) is 2. The van der Waals surface area contributed by atoms with E-state index in [2.05, 4.69) is 5.32 Å². The zero-order valence-electron chi connectivity index (χ0n) is 17.5. The highest BCUT2D eigenvalue weighted by Crippen LogP contribution is 2.30. The molecule has 0 aromatic heterocycles. The summed E-state index contributed by atoms with van der Waals surface area (Å²) in [5, 5.41) is 3.02. The number of benzene rings is 2. The third-order valence-corrected chi connectivity index (χ3v) is 5.46. The van der Waals surface area contributed by atoms with Crippen molar-refractivity contribution in [3.8, 4) is 11.5 Å². The van der Waals surface area contributed by atoms with E-state index in [0.29, 0.717) is 30.2 Å². The molecule has 1 atom stereocenters. The van der Waals surface area contributed by atoms with E-state index in [4.69, 9.17) is 9.47 Å². The van der Waals surface area contributed by atoms with Crippen LogP contribution in [0.3, 0.4) is 0 Å². The average Bonchev–Trinajstić information content (AvgIpc) is 2.75. The summed E-state index contributed by atoms with van der Waals surface area (Å²) in [4.78, 5) is 27.6. The number of urea groups is 1. The van der Waals surface area contributed by atoms with Crippen molar-refractivity contribution in [1.29, 1.82) is 0 Å². The van der Waals surface area contributed by atoms with Crippen molar-refractivity contribution in [3.63, 3.8) is 0 Å². The van der Waals surface area contributed by atoms with Gasteiger partial charge in [-0.2, -0.15) is 0 Å². The van der Waals surface area contributed by atoms with Crippen molar-refractivity contribution in [2.24, 2.45) is 5.92 Å². The lowest BCUT2D eigenvalue weighted by Gasteiger charge is -2.32. The number of hydrogen-bond donors (Lipinski definition) is 1. The van der Waals surface area contributed by atoms with Gasteiger partial charge in [-0.3, -0.25) is 4.79 Å². The Morgan fingerprint density at radius 1 is 1.03 bits per heavy atom. The maximum Gasteiger partial charge on any atom is 0.321 e. The Morgan fingerprint density at radius 2 is 1.72 bits per heavy atom. The molecule has 2 aromatic rings. The van der Waals surface area contributed by atoms with Gasteiger partial charge >= 0.3 is 6.03 Å². The number of anilines is 1. The molecule has 1 aliphatic rings. The number of ketones is 1. The van der Waals surface area contributed by atoms with Crippen LogP contribution in [0.5, 0.6) is 11.5 Å². The number of para-hydroxylation sites is 1. The minimum Gasteiger partial charge on any atom is -0.493 e. The predicted molar refractivity (Wildman–Crippen MR) is 113 cm³/mol. The summed E-state index contributed by atoms with van der Waals surface area (Å²) in [6.07, 6.45) is 1.56. The number of Topliss-reactive ketones (excluding diaryl/α,β-unsaturated/α-hetero) is 1. The zero-order valence-corrected chi connectivity index (χ0v) is 17.5. The van der Waals surface area contributed by atoms with Crippen LogP contribution in [-0.4, -0.2) is 44.0 Å². The molecule has 0 saturated carbocycles. The van der Waals surface area contributed by atoms with Crippen LogP contribution >= 0.6 is 0 Å². The average molecular weight is 396 g/mol. The molecule has 1 unspecified atom stereocenters. The Hall–Kier alpha value is -3.02. The Kier molecular flexibility index (Phi) is 6.42. The van der Waals surface area contributed by atoms with Crippen molar-refractivity contribution in [2.75, 3.05) is 32.6 Å².